The van der Waals surface area contributed by atoms with E-state index in [0.29, 0.717) is 48.6 Å². The molecule has 0 spiro atoms. The molecule has 186 valence electrons. The molecule has 2 aromatic heterocycles. The van der Waals surface area contributed by atoms with E-state index < -0.39 is 36.3 Å². The van der Waals surface area contributed by atoms with Crippen molar-refractivity contribution in [3.63, 3.8) is 0 Å². The number of esters is 1. The molecular formula is C26H24FN3O6. The Balaban J connectivity index is 1.21. The van der Waals surface area contributed by atoms with E-state index in [2.05, 4.69) is 5.10 Å². The maximum Gasteiger partial charge on any atom is 0.311 e. The standard InChI is InChI=1S/C26H24FN3O6/c27-19-9-7-17(8-10-19)25(32)29-11-1-4-18(15-29)26(33)36-16-24(31)30-21(23-6-3-13-35-23)14-20(28-30)22-5-2-12-34-22/h2-3,5-10,12-13,18,21H,1,4,11,14-16H2. The number of piperidine rings is 1. The van der Waals surface area contributed by atoms with Crippen LogP contribution >= 0.6 is 0 Å². The summed E-state index contributed by atoms with van der Waals surface area (Å²) in [6.07, 6.45) is 4.60. The molecule has 2 amide bonds. The number of likely N-dealkylation sites (tertiary alicyclic amines) is 1. The first-order valence-electron chi connectivity index (χ1n) is 11.7. The van der Waals surface area contributed by atoms with Gasteiger partial charge in [0.15, 0.2) is 6.61 Å². The summed E-state index contributed by atoms with van der Waals surface area (Å²) in [7, 11) is 0. The number of hydrazone groups is 1. The predicted molar refractivity (Wildman–Crippen MR) is 124 cm³/mol. The Morgan fingerprint density at radius 2 is 1.83 bits per heavy atom. The van der Waals surface area contributed by atoms with E-state index in [9.17, 15) is 18.8 Å². The number of amides is 2. The molecule has 5 rings (SSSR count). The molecule has 1 fully saturated rings. The second-order valence-electron chi connectivity index (χ2n) is 8.70. The zero-order valence-electron chi connectivity index (χ0n) is 19.3. The summed E-state index contributed by atoms with van der Waals surface area (Å²) < 4.78 is 29.5. The minimum Gasteiger partial charge on any atom is -0.467 e. The van der Waals surface area contributed by atoms with Gasteiger partial charge in [0, 0.05) is 25.1 Å². The molecule has 36 heavy (non-hydrogen) atoms. The Hall–Kier alpha value is -4.21. The Morgan fingerprint density at radius 1 is 1.06 bits per heavy atom. The van der Waals surface area contributed by atoms with Gasteiger partial charge in [-0.2, -0.15) is 5.10 Å². The van der Waals surface area contributed by atoms with E-state index >= 15 is 0 Å². The second kappa shape index (κ2) is 10.2. The van der Waals surface area contributed by atoms with Crippen LogP contribution in [0.3, 0.4) is 0 Å². The number of ether oxygens (including phenoxy) is 1. The molecule has 0 bridgehead atoms. The van der Waals surface area contributed by atoms with Crippen LogP contribution in [0.5, 0.6) is 0 Å². The Morgan fingerprint density at radius 3 is 2.56 bits per heavy atom. The topological polar surface area (TPSA) is 106 Å². The zero-order chi connectivity index (χ0) is 25.1. The lowest BCUT2D eigenvalue weighted by Crippen LogP contribution is -2.43. The molecule has 2 aliphatic heterocycles. The molecule has 2 atom stereocenters. The van der Waals surface area contributed by atoms with E-state index in [-0.39, 0.29) is 12.5 Å². The summed E-state index contributed by atoms with van der Waals surface area (Å²) in [4.78, 5) is 40.1. The van der Waals surface area contributed by atoms with Gasteiger partial charge < -0.3 is 18.5 Å². The monoisotopic (exact) mass is 493 g/mol. The highest BCUT2D eigenvalue weighted by atomic mass is 19.1. The Bertz CT molecular complexity index is 1250. The number of furan rings is 2. The van der Waals surface area contributed by atoms with Crippen LogP contribution in [-0.2, 0) is 14.3 Å². The lowest BCUT2D eigenvalue weighted by molar-refractivity contribution is -0.157. The van der Waals surface area contributed by atoms with Crippen molar-refractivity contribution >= 4 is 23.5 Å². The fourth-order valence-electron chi connectivity index (χ4n) is 4.48. The zero-order valence-corrected chi connectivity index (χ0v) is 19.3. The second-order valence-corrected chi connectivity index (χ2v) is 8.70. The van der Waals surface area contributed by atoms with Crippen LogP contribution in [0.15, 0.2) is 75.0 Å². The molecule has 9 nitrogen and oxygen atoms in total. The van der Waals surface area contributed by atoms with Gasteiger partial charge in [-0.1, -0.05) is 0 Å². The molecule has 0 N–H and O–H groups in total. The maximum atomic E-state index is 13.2. The maximum absolute atomic E-state index is 13.2. The number of hydrogen-bond acceptors (Lipinski definition) is 7. The summed E-state index contributed by atoms with van der Waals surface area (Å²) in [5, 5.41) is 5.67. The van der Waals surface area contributed by atoms with E-state index in [1.54, 1.807) is 29.2 Å². The summed E-state index contributed by atoms with van der Waals surface area (Å²) in [5.41, 5.74) is 0.937. The molecule has 4 heterocycles. The van der Waals surface area contributed by atoms with Gasteiger partial charge in [0.1, 0.15) is 29.1 Å². The van der Waals surface area contributed by atoms with Crippen molar-refractivity contribution in [2.24, 2.45) is 11.0 Å². The highest BCUT2D eigenvalue weighted by Crippen LogP contribution is 2.33. The highest BCUT2D eigenvalue weighted by molar-refractivity contribution is 6.01. The Labute approximate surface area is 206 Å². The van der Waals surface area contributed by atoms with Crippen LogP contribution in [0.4, 0.5) is 4.39 Å². The van der Waals surface area contributed by atoms with E-state index in [1.807, 2.05) is 0 Å². The van der Waals surface area contributed by atoms with Crippen LogP contribution in [0.2, 0.25) is 0 Å². The first kappa shape index (κ1) is 23.5. The SMILES string of the molecule is O=C(OCC(=O)N1N=C(c2ccco2)CC1c1ccco1)C1CCCN(C(=O)c2ccc(F)cc2)C1. The molecule has 2 unspecified atom stereocenters. The van der Waals surface area contributed by atoms with Crippen molar-refractivity contribution in [1.82, 2.24) is 9.91 Å². The number of halogens is 1. The lowest BCUT2D eigenvalue weighted by Gasteiger charge is -2.31. The van der Waals surface area contributed by atoms with E-state index in [0.717, 1.165) is 0 Å². The molecule has 0 aliphatic carbocycles. The van der Waals surface area contributed by atoms with Crippen molar-refractivity contribution in [3.8, 4) is 0 Å². The average Bonchev–Trinajstić information content (AvgIpc) is 3.68. The van der Waals surface area contributed by atoms with Gasteiger partial charge in [-0.25, -0.2) is 9.40 Å². The molecule has 10 heteroatoms. The number of rotatable bonds is 6. The van der Waals surface area contributed by atoms with Crippen molar-refractivity contribution in [2.75, 3.05) is 19.7 Å². The molecule has 0 radical (unpaired) electrons. The van der Waals surface area contributed by atoms with Gasteiger partial charge in [-0.15, -0.1) is 0 Å². The summed E-state index contributed by atoms with van der Waals surface area (Å²) >= 11 is 0. The number of nitrogens with zero attached hydrogens (tertiary/aromatic N) is 3. The number of carbonyl (C=O) groups is 3. The minimum absolute atomic E-state index is 0.169. The number of benzene rings is 1. The van der Waals surface area contributed by atoms with Crippen molar-refractivity contribution < 1.29 is 32.3 Å². The molecule has 1 aromatic carbocycles. The van der Waals surface area contributed by atoms with Crippen LogP contribution < -0.4 is 0 Å². The third kappa shape index (κ3) is 4.93. The van der Waals surface area contributed by atoms with Crippen molar-refractivity contribution in [1.29, 1.82) is 0 Å². The third-order valence-corrected chi connectivity index (χ3v) is 6.31. The number of hydrogen-bond donors (Lipinski definition) is 0. The normalized spacial score (nSPS) is 19.8. The lowest BCUT2D eigenvalue weighted by atomic mass is 9.97. The molecule has 2 aliphatic rings. The van der Waals surface area contributed by atoms with Crippen molar-refractivity contribution in [3.05, 3.63) is 84.0 Å². The predicted octanol–water partition coefficient (Wildman–Crippen LogP) is 3.79. The summed E-state index contributed by atoms with van der Waals surface area (Å²) in [6.45, 7) is 0.165. The first-order chi connectivity index (χ1) is 17.5. The molecule has 1 saturated heterocycles. The number of carbonyl (C=O) groups excluding carboxylic acids is 3. The van der Waals surface area contributed by atoms with Gasteiger partial charge in [0.25, 0.3) is 11.8 Å². The van der Waals surface area contributed by atoms with Gasteiger partial charge in [-0.3, -0.25) is 14.4 Å². The first-order valence-corrected chi connectivity index (χ1v) is 11.7. The van der Waals surface area contributed by atoms with Gasteiger partial charge in [0.05, 0.1) is 18.4 Å². The largest absolute Gasteiger partial charge is 0.467 e. The molecule has 0 saturated carbocycles. The van der Waals surface area contributed by atoms with E-state index in [1.165, 1.54) is 41.8 Å². The van der Waals surface area contributed by atoms with Gasteiger partial charge in [0.2, 0.25) is 0 Å². The van der Waals surface area contributed by atoms with Crippen LogP contribution in [0.25, 0.3) is 0 Å². The quantitative estimate of drug-likeness (QED) is 0.484. The fraction of sp³-hybridized carbons (Fsp3) is 0.308. The van der Waals surface area contributed by atoms with E-state index in [4.69, 9.17) is 13.6 Å². The van der Waals surface area contributed by atoms with Crippen LogP contribution in [0.1, 0.15) is 47.2 Å². The van der Waals surface area contributed by atoms with Crippen molar-refractivity contribution in [2.45, 2.75) is 25.3 Å². The van der Waals surface area contributed by atoms with Gasteiger partial charge >= 0.3 is 5.97 Å². The summed E-state index contributed by atoms with van der Waals surface area (Å²) in [6, 6.07) is 11.8. The van der Waals surface area contributed by atoms with Gasteiger partial charge in [-0.05, 0) is 61.4 Å². The molecule has 3 aromatic rings. The average molecular weight is 493 g/mol. The van der Waals surface area contributed by atoms with Crippen LogP contribution in [-0.4, -0.2) is 53.1 Å². The molecular weight excluding hydrogens is 469 g/mol. The fourth-order valence-corrected chi connectivity index (χ4v) is 4.48. The smallest absolute Gasteiger partial charge is 0.311 e. The third-order valence-electron chi connectivity index (χ3n) is 6.31. The summed E-state index contributed by atoms with van der Waals surface area (Å²) in [5.74, 6) is -1.21. The highest BCUT2D eigenvalue weighted by Gasteiger charge is 2.37. The van der Waals surface area contributed by atoms with Crippen LogP contribution in [0, 0.1) is 11.7 Å². The Kier molecular flexibility index (Phi) is 6.66. The minimum atomic E-state index is -0.558.